The highest BCUT2D eigenvalue weighted by Crippen LogP contribution is 2.26. The highest BCUT2D eigenvalue weighted by molar-refractivity contribution is 9.11. The van der Waals surface area contributed by atoms with E-state index in [-0.39, 0.29) is 0 Å². The number of halogens is 1. The van der Waals surface area contributed by atoms with Crippen LogP contribution < -0.4 is 4.72 Å². The summed E-state index contributed by atoms with van der Waals surface area (Å²) in [5.41, 5.74) is 0.936. The van der Waals surface area contributed by atoms with Gasteiger partial charge in [0.25, 0.3) is 0 Å². The van der Waals surface area contributed by atoms with Crippen molar-refractivity contribution in [2.45, 2.75) is 10.6 Å². The molecule has 11 heteroatoms. The van der Waals surface area contributed by atoms with Crippen LogP contribution in [0.5, 0.6) is 0 Å². The SMILES string of the molecule is O=S(=O)(NCCc1csc2nc(-c3cccs3)nn12)c1ccc(Br)s1. The smallest absolute Gasteiger partial charge is 0.210 e. The number of nitrogens with one attached hydrogen (secondary N) is 1. The van der Waals surface area contributed by atoms with Crippen molar-refractivity contribution in [1.82, 2.24) is 19.3 Å². The van der Waals surface area contributed by atoms with Crippen molar-refractivity contribution in [3.05, 3.63) is 44.5 Å². The van der Waals surface area contributed by atoms with Crippen LogP contribution in [0, 0.1) is 0 Å². The summed E-state index contributed by atoms with van der Waals surface area (Å²) in [5, 5.41) is 8.49. The lowest BCUT2D eigenvalue weighted by molar-refractivity contribution is 0.583. The van der Waals surface area contributed by atoms with Crippen LogP contribution in [0.3, 0.4) is 0 Å². The highest BCUT2D eigenvalue weighted by atomic mass is 79.9. The van der Waals surface area contributed by atoms with E-state index in [2.05, 4.69) is 30.7 Å². The van der Waals surface area contributed by atoms with Crippen LogP contribution >= 0.6 is 49.9 Å². The first-order valence-electron chi connectivity index (χ1n) is 7.15. The molecule has 0 bridgehead atoms. The number of thiophene rings is 2. The molecular weight excluding hydrogens is 464 g/mol. The molecular formula is C14H11BrN4O2S4. The zero-order chi connectivity index (χ0) is 17.4. The van der Waals surface area contributed by atoms with Crippen molar-refractivity contribution < 1.29 is 8.42 Å². The maximum atomic E-state index is 12.2. The Hall–Kier alpha value is -1.11. The summed E-state index contributed by atoms with van der Waals surface area (Å²) in [6, 6.07) is 7.26. The maximum Gasteiger partial charge on any atom is 0.250 e. The van der Waals surface area contributed by atoms with Crippen LogP contribution in [0.25, 0.3) is 15.7 Å². The van der Waals surface area contributed by atoms with E-state index >= 15 is 0 Å². The van der Waals surface area contributed by atoms with Gasteiger partial charge in [-0.1, -0.05) is 6.07 Å². The molecule has 0 spiro atoms. The summed E-state index contributed by atoms with van der Waals surface area (Å²) in [6.07, 6.45) is 0.541. The average molecular weight is 475 g/mol. The molecule has 6 nitrogen and oxygen atoms in total. The van der Waals surface area contributed by atoms with E-state index in [1.165, 1.54) is 22.7 Å². The molecule has 1 N–H and O–H groups in total. The zero-order valence-corrected chi connectivity index (χ0v) is 17.4. The van der Waals surface area contributed by atoms with E-state index in [4.69, 9.17) is 0 Å². The third-order valence-corrected chi connectivity index (χ3v) is 8.69. The first kappa shape index (κ1) is 17.3. The Labute approximate surface area is 164 Å². The van der Waals surface area contributed by atoms with Gasteiger partial charge in [0, 0.05) is 18.3 Å². The van der Waals surface area contributed by atoms with Crippen LogP contribution in [-0.4, -0.2) is 29.6 Å². The standard InChI is InChI=1S/C14H11BrN4O2S4/c15-11-3-4-12(24-11)25(20,21)16-6-5-9-8-23-14-17-13(18-19(9)14)10-2-1-7-22-10/h1-4,7-8,16H,5-6H2. The van der Waals surface area contributed by atoms with Gasteiger partial charge in [0.2, 0.25) is 15.0 Å². The van der Waals surface area contributed by atoms with Crippen LogP contribution in [0.1, 0.15) is 5.69 Å². The molecule has 0 atom stereocenters. The van der Waals surface area contributed by atoms with E-state index in [0.717, 1.165) is 19.3 Å². The van der Waals surface area contributed by atoms with E-state index in [1.54, 1.807) is 28.0 Å². The lowest BCUT2D eigenvalue weighted by Gasteiger charge is -2.03. The Balaban J connectivity index is 1.48. The van der Waals surface area contributed by atoms with Gasteiger partial charge in [-0.3, -0.25) is 0 Å². The van der Waals surface area contributed by atoms with Crippen LogP contribution in [0.4, 0.5) is 0 Å². The molecule has 0 aliphatic heterocycles. The first-order chi connectivity index (χ1) is 12.0. The van der Waals surface area contributed by atoms with Crippen LogP contribution in [0.2, 0.25) is 0 Å². The molecule has 4 aromatic heterocycles. The lowest BCUT2D eigenvalue weighted by Crippen LogP contribution is -2.25. The molecule has 4 aromatic rings. The van der Waals surface area contributed by atoms with Crippen molar-refractivity contribution in [2.24, 2.45) is 0 Å². The fourth-order valence-corrected chi connectivity index (χ4v) is 6.83. The maximum absolute atomic E-state index is 12.2. The topological polar surface area (TPSA) is 76.4 Å². The number of rotatable bonds is 6. The molecule has 0 unspecified atom stereocenters. The van der Waals surface area contributed by atoms with Gasteiger partial charge in [-0.05, 0) is 39.5 Å². The summed E-state index contributed by atoms with van der Waals surface area (Å²) < 4.78 is 30.0. The Morgan fingerprint density at radius 1 is 1.24 bits per heavy atom. The van der Waals surface area contributed by atoms with Crippen molar-refractivity contribution in [3.63, 3.8) is 0 Å². The highest BCUT2D eigenvalue weighted by Gasteiger charge is 2.17. The predicted octanol–water partition coefficient (Wildman–Crippen LogP) is 3.86. The minimum absolute atomic E-state index is 0.301. The molecule has 0 radical (unpaired) electrons. The van der Waals surface area contributed by atoms with Gasteiger partial charge in [0.1, 0.15) is 4.21 Å². The Morgan fingerprint density at radius 3 is 2.84 bits per heavy atom. The quantitative estimate of drug-likeness (QED) is 0.460. The molecule has 0 aliphatic carbocycles. The van der Waals surface area contributed by atoms with E-state index < -0.39 is 10.0 Å². The minimum Gasteiger partial charge on any atom is -0.210 e. The number of hydrogen-bond acceptors (Lipinski definition) is 7. The average Bonchev–Trinajstić information content (AvgIpc) is 3.31. The fourth-order valence-electron chi connectivity index (χ4n) is 2.23. The molecule has 0 aliphatic rings. The van der Waals surface area contributed by atoms with Gasteiger partial charge in [0.15, 0.2) is 5.82 Å². The van der Waals surface area contributed by atoms with Gasteiger partial charge in [-0.25, -0.2) is 17.7 Å². The molecule has 0 saturated carbocycles. The first-order valence-corrected chi connectivity index (χ1v) is 12.0. The fraction of sp³-hybridized carbons (Fsp3) is 0.143. The number of nitrogens with zero attached hydrogens (tertiary/aromatic N) is 3. The Morgan fingerprint density at radius 2 is 2.12 bits per heavy atom. The van der Waals surface area contributed by atoms with Crippen molar-refractivity contribution >= 4 is 64.9 Å². The normalized spacial score (nSPS) is 12.2. The van der Waals surface area contributed by atoms with Gasteiger partial charge in [-0.15, -0.1) is 39.1 Å². The second-order valence-corrected chi connectivity index (χ2v) is 11.3. The van der Waals surface area contributed by atoms with Gasteiger partial charge in [-0.2, -0.15) is 4.98 Å². The number of thiazole rings is 1. The third-order valence-electron chi connectivity index (χ3n) is 3.38. The Kier molecular flexibility index (Phi) is 4.77. The molecule has 0 fully saturated rings. The predicted molar refractivity (Wildman–Crippen MR) is 105 cm³/mol. The van der Waals surface area contributed by atoms with E-state index in [1.807, 2.05) is 22.9 Å². The molecule has 0 aromatic carbocycles. The van der Waals surface area contributed by atoms with Crippen molar-refractivity contribution in [3.8, 4) is 10.7 Å². The van der Waals surface area contributed by atoms with Crippen LogP contribution in [0.15, 0.2) is 43.0 Å². The van der Waals surface area contributed by atoms with Crippen LogP contribution in [-0.2, 0) is 16.4 Å². The van der Waals surface area contributed by atoms with Crippen molar-refractivity contribution in [2.75, 3.05) is 6.54 Å². The van der Waals surface area contributed by atoms with Gasteiger partial charge in [0.05, 0.1) is 14.4 Å². The molecule has 130 valence electrons. The molecule has 0 amide bonds. The zero-order valence-electron chi connectivity index (χ0n) is 12.5. The number of hydrogen-bond donors (Lipinski definition) is 1. The minimum atomic E-state index is -3.48. The largest absolute Gasteiger partial charge is 0.250 e. The molecule has 4 rings (SSSR count). The van der Waals surface area contributed by atoms with Crippen molar-refractivity contribution in [1.29, 1.82) is 0 Å². The Bertz CT molecular complexity index is 1110. The summed E-state index contributed by atoms with van der Waals surface area (Å²) >= 11 is 7.56. The van der Waals surface area contributed by atoms with E-state index in [9.17, 15) is 8.42 Å². The summed E-state index contributed by atoms with van der Waals surface area (Å²) in [4.78, 5) is 6.35. The molecule has 0 saturated heterocycles. The summed E-state index contributed by atoms with van der Waals surface area (Å²) in [6.45, 7) is 0.303. The number of sulfonamides is 1. The third kappa shape index (κ3) is 3.57. The monoisotopic (exact) mass is 474 g/mol. The lowest BCUT2D eigenvalue weighted by atomic mass is 10.3. The summed E-state index contributed by atoms with van der Waals surface area (Å²) in [5.74, 6) is 0.701. The summed E-state index contributed by atoms with van der Waals surface area (Å²) in [7, 11) is -3.48. The second kappa shape index (κ2) is 6.89. The molecule has 25 heavy (non-hydrogen) atoms. The second-order valence-electron chi connectivity index (χ2n) is 5.04. The van der Waals surface area contributed by atoms with Gasteiger partial charge < -0.3 is 0 Å². The number of aromatic nitrogens is 3. The van der Waals surface area contributed by atoms with E-state index in [0.29, 0.717) is 23.0 Å². The number of fused-ring (bicyclic) bond motifs is 1. The molecule has 4 heterocycles. The van der Waals surface area contributed by atoms with Gasteiger partial charge >= 0.3 is 0 Å².